The lowest BCUT2D eigenvalue weighted by Crippen LogP contribution is -2.17. The Morgan fingerprint density at radius 2 is 2.05 bits per heavy atom. The summed E-state index contributed by atoms with van der Waals surface area (Å²) < 4.78 is 36.5. The number of anilines is 1. The van der Waals surface area contributed by atoms with E-state index in [4.69, 9.17) is 21.1 Å². The first-order chi connectivity index (χ1) is 9.02. The average Bonchev–Trinajstić information content (AvgIpc) is 2.37. The van der Waals surface area contributed by atoms with Crippen LogP contribution in [0, 0.1) is 0 Å². The quantitative estimate of drug-likeness (QED) is 0.749. The number of hydrogen-bond donors (Lipinski definition) is 1. The van der Waals surface area contributed by atoms with Gasteiger partial charge in [-0.15, -0.1) is 11.6 Å². The van der Waals surface area contributed by atoms with Crippen molar-refractivity contribution in [2.24, 2.45) is 0 Å². The predicted molar refractivity (Wildman–Crippen MR) is 76.9 cm³/mol. The molecule has 0 unspecified atom stereocenters. The second-order valence-corrected chi connectivity index (χ2v) is 5.98. The maximum atomic E-state index is 11.7. The molecule has 1 aromatic carbocycles. The topological polar surface area (TPSA) is 64.6 Å². The van der Waals surface area contributed by atoms with Gasteiger partial charge in [-0.05, 0) is 25.5 Å². The van der Waals surface area contributed by atoms with Crippen molar-refractivity contribution >= 4 is 27.3 Å². The van der Waals surface area contributed by atoms with Crippen molar-refractivity contribution in [2.45, 2.75) is 13.3 Å². The van der Waals surface area contributed by atoms with Gasteiger partial charge in [-0.1, -0.05) is 0 Å². The van der Waals surface area contributed by atoms with E-state index in [-0.39, 0.29) is 5.75 Å². The fourth-order valence-electron chi connectivity index (χ4n) is 1.48. The van der Waals surface area contributed by atoms with Gasteiger partial charge in [0.1, 0.15) is 0 Å². The number of sulfonamides is 1. The smallest absolute Gasteiger partial charge is 0.232 e. The molecule has 0 amide bonds. The Morgan fingerprint density at radius 3 is 2.63 bits per heavy atom. The highest BCUT2D eigenvalue weighted by Gasteiger charge is 2.12. The van der Waals surface area contributed by atoms with Crippen LogP contribution in [-0.4, -0.2) is 33.8 Å². The van der Waals surface area contributed by atoms with Crippen LogP contribution in [0.2, 0.25) is 0 Å². The lowest BCUT2D eigenvalue weighted by molar-refractivity contribution is 0.311. The van der Waals surface area contributed by atoms with Gasteiger partial charge in [-0.2, -0.15) is 0 Å². The van der Waals surface area contributed by atoms with Gasteiger partial charge in [-0.3, -0.25) is 4.72 Å². The standard InChI is InChI=1S/C12H18ClNO4S/c1-3-18-12-9-10(5-6-11(12)17-2)14-19(15,16)8-4-7-13/h5-6,9,14H,3-4,7-8H2,1-2H3. The molecule has 1 rings (SSSR count). The fourth-order valence-corrected chi connectivity index (χ4v) is 2.89. The molecule has 0 fully saturated rings. The lowest BCUT2D eigenvalue weighted by atomic mass is 10.3. The van der Waals surface area contributed by atoms with E-state index in [0.717, 1.165) is 0 Å². The summed E-state index contributed by atoms with van der Waals surface area (Å²) in [4.78, 5) is 0. The van der Waals surface area contributed by atoms with E-state index in [9.17, 15) is 8.42 Å². The van der Waals surface area contributed by atoms with Crippen molar-refractivity contribution in [3.05, 3.63) is 18.2 Å². The zero-order chi connectivity index (χ0) is 14.3. The second-order valence-electron chi connectivity index (χ2n) is 3.76. The Hall–Kier alpha value is -1.14. The molecular weight excluding hydrogens is 290 g/mol. The SMILES string of the molecule is CCOc1cc(NS(=O)(=O)CCCCl)ccc1OC. The molecule has 0 spiro atoms. The maximum Gasteiger partial charge on any atom is 0.232 e. The molecule has 0 aromatic heterocycles. The molecule has 0 saturated heterocycles. The van der Waals surface area contributed by atoms with Crippen molar-refractivity contribution in [1.29, 1.82) is 0 Å². The molecule has 7 heteroatoms. The van der Waals surface area contributed by atoms with Crippen LogP contribution in [0.25, 0.3) is 0 Å². The van der Waals surface area contributed by atoms with Gasteiger partial charge in [0.2, 0.25) is 10.0 Å². The highest BCUT2D eigenvalue weighted by molar-refractivity contribution is 7.92. The molecule has 0 saturated carbocycles. The third kappa shape index (κ3) is 5.16. The highest BCUT2D eigenvalue weighted by Crippen LogP contribution is 2.30. The van der Waals surface area contributed by atoms with E-state index in [1.54, 1.807) is 18.2 Å². The summed E-state index contributed by atoms with van der Waals surface area (Å²) in [6.45, 7) is 2.32. The second kappa shape index (κ2) is 7.45. The Labute approximate surface area is 118 Å². The molecule has 5 nitrogen and oxygen atoms in total. The third-order valence-corrected chi connectivity index (χ3v) is 3.92. The van der Waals surface area contributed by atoms with Crippen molar-refractivity contribution in [1.82, 2.24) is 0 Å². The van der Waals surface area contributed by atoms with E-state index >= 15 is 0 Å². The van der Waals surface area contributed by atoms with E-state index in [1.165, 1.54) is 7.11 Å². The Bertz CT molecular complexity index is 504. The van der Waals surface area contributed by atoms with E-state index < -0.39 is 10.0 Å². The molecule has 0 atom stereocenters. The van der Waals surface area contributed by atoms with Crippen LogP contribution in [0.3, 0.4) is 0 Å². The summed E-state index contributed by atoms with van der Waals surface area (Å²) >= 11 is 5.49. The largest absolute Gasteiger partial charge is 0.493 e. The van der Waals surface area contributed by atoms with Crippen LogP contribution in [0.15, 0.2) is 18.2 Å². The van der Waals surface area contributed by atoms with Gasteiger partial charge in [0.05, 0.1) is 25.2 Å². The number of nitrogens with one attached hydrogen (secondary N) is 1. The molecule has 1 aromatic rings. The predicted octanol–water partition coefficient (Wildman–Crippen LogP) is 2.46. The van der Waals surface area contributed by atoms with Crippen LogP contribution < -0.4 is 14.2 Å². The van der Waals surface area contributed by atoms with Gasteiger partial charge in [-0.25, -0.2) is 8.42 Å². The number of ether oxygens (including phenoxy) is 2. The molecule has 19 heavy (non-hydrogen) atoms. The first-order valence-corrected chi connectivity index (χ1v) is 8.08. The summed E-state index contributed by atoms with van der Waals surface area (Å²) in [5.41, 5.74) is 0.443. The molecule has 0 radical (unpaired) electrons. The van der Waals surface area contributed by atoms with Gasteiger partial charge in [0.25, 0.3) is 0 Å². The highest BCUT2D eigenvalue weighted by atomic mass is 35.5. The average molecular weight is 308 g/mol. The zero-order valence-corrected chi connectivity index (χ0v) is 12.6. The first kappa shape index (κ1) is 15.9. The van der Waals surface area contributed by atoms with E-state index in [0.29, 0.717) is 36.1 Å². The number of methoxy groups -OCH3 is 1. The molecule has 0 aliphatic heterocycles. The number of halogens is 1. The van der Waals surface area contributed by atoms with Crippen molar-refractivity contribution in [3.8, 4) is 11.5 Å². The first-order valence-electron chi connectivity index (χ1n) is 5.89. The maximum absolute atomic E-state index is 11.7. The van der Waals surface area contributed by atoms with E-state index in [1.807, 2.05) is 6.92 Å². The van der Waals surface area contributed by atoms with Gasteiger partial charge in [0.15, 0.2) is 11.5 Å². The fraction of sp³-hybridized carbons (Fsp3) is 0.500. The normalized spacial score (nSPS) is 11.1. The number of alkyl halides is 1. The zero-order valence-electron chi connectivity index (χ0n) is 11.0. The van der Waals surface area contributed by atoms with Gasteiger partial charge >= 0.3 is 0 Å². The molecule has 108 valence electrons. The minimum absolute atomic E-state index is 0.00744. The molecule has 0 aliphatic carbocycles. The van der Waals surface area contributed by atoms with Crippen LogP contribution in [-0.2, 0) is 10.0 Å². The monoisotopic (exact) mass is 307 g/mol. The molecule has 1 N–H and O–H groups in total. The molecule has 0 heterocycles. The van der Waals surface area contributed by atoms with Gasteiger partial charge in [0, 0.05) is 11.9 Å². The molecule has 0 bridgehead atoms. The van der Waals surface area contributed by atoms with Crippen LogP contribution in [0.5, 0.6) is 11.5 Å². The Morgan fingerprint density at radius 1 is 1.32 bits per heavy atom. The minimum Gasteiger partial charge on any atom is -0.493 e. The summed E-state index contributed by atoms with van der Waals surface area (Å²) in [7, 11) is -1.85. The summed E-state index contributed by atoms with van der Waals surface area (Å²) in [5.74, 6) is 1.37. The minimum atomic E-state index is -3.38. The summed E-state index contributed by atoms with van der Waals surface area (Å²) in [6.07, 6.45) is 0.408. The van der Waals surface area contributed by atoms with Crippen molar-refractivity contribution in [2.75, 3.05) is 30.1 Å². The van der Waals surface area contributed by atoms with Crippen molar-refractivity contribution in [3.63, 3.8) is 0 Å². The third-order valence-electron chi connectivity index (χ3n) is 2.28. The number of benzene rings is 1. The molecule has 0 aliphatic rings. The Kier molecular flexibility index (Phi) is 6.24. The molecular formula is C12H18ClNO4S. The number of hydrogen-bond acceptors (Lipinski definition) is 4. The summed E-state index contributed by atoms with van der Waals surface area (Å²) in [5, 5.41) is 0. The Balaban J connectivity index is 2.87. The van der Waals surface area contributed by atoms with Crippen LogP contribution in [0.4, 0.5) is 5.69 Å². The van der Waals surface area contributed by atoms with E-state index in [2.05, 4.69) is 4.72 Å². The summed E-state index contributed by atoms with van der Waals surface area (Å²) in [6, 6.07) is 4.88. The number of rotatable bonds is 8. The van der Waals surface area contributed by atoms with Crippen LogP contribution >= 0.6 is 11.6 Å². The van der Waals surface area contributed by atoms with Crippen molar-refractivity contribution < 1.29 is 17.9 Å². The lowest BCUT2D eigenvalue weighted by Gasteiger charge is -2.12. The van der Waals surface area contributed by atoms with Gasteiger partial charge < -0.3 is 9.47 Å². The van der Waals surface area contributed by atoms with Crippen LogP contribution in [0.1, 0.15) is 13.3 Å².